The summed E-state index contributed by atoms with van der Waals surface area (Å²) in [5.74, 6) is 0.766. The van der Waals surface area contributed by atoms with Crippen LogP contribution in [0.1, 0.15) is 44.6 Å². The third kappa shape index (κ3) is 2.40. The van der Waals surface area contributed by atoms with Crippen LogP contribution in [0.5, 0.6) is 0 Å². The van der Waals surface area contributed by atoms with Crippen molar-refractivity contribution in [2.24, 2.45) is 5.92 Å². The fourth-order valence-electron chi connectivity index (χ4n) is 2.53. The fourth-order valence-corrected chi connectivity index (χ4v) is 2.53. The molecule has 15 heavy (non-hydrogen) atoms. The second kappa shape index (κ2) is 4.36. The number of benzene rings is 1. The summed E-state index contributed by atoms with van der Waals surface area (Å²) in [6.07, 6.45) is 5.38. The molecule has 1 saturated carbocycles. The van der Waals surface area contributed by atoms with E-state index in [9.17, 15) is 5.11 Å². The first kappa shape index (κ1) is 10.7. The molecule has 1 aliphatic carbocycles. The topological polar surface area (TPSA) is 20.2 Å². The molecule has 1 fully saturated rings. The zero-order chi connectivity index (χ0) is 10.7. The van der Waals surface area contributed by atoms with Crippen LogP contribution in [0, 0.1) is 5.92 Å². The highest BCUT2D eigenvalue weighted by molar-refractivity contribution is 5.22. The first-order valence-electron chi connectivity index (χ1n) is 5.99. The summed E-state index contributed by atoms with van der Waals surface area (Å²) in [5, 5.41) is 10.6. The molecule has 1 heteroatoms. The third-order valence-electron chi connectivity index (χ3n) is 3.65. The third-order valence-corrected chi connectivity index (χ3v) is 3.65. The maximum atomic E-state index is 10.6. The Morgan fingerprint density at radius 3 is 2.60 bits per heavy atom. The maximum Gasteiger partial charge on any atom is 0.0896 e. The highest BCUT2D eigenvalue weighted by Crippen LogP contribution is 2.37. The van der Waals surface area contributed by atoms with E-state index in [0.717, 1.165) is 37.2 Å². The van der Waals surface area contributed by atoms with E-state index in [1.54, 1.807) is 0 Å². The van der Waals surface area contributed by atoms with Gasteiger partial charge in [0, 0.05) is 0 Å². The SMILES string of the molecule is CC1CCCC(O)(c2ccccc2)CC1. The van der Waals surface area contributed by atoms with Gasteiger partial charge in [-0.2, -0.15) is 0 Å². The van der Waals surface area contributed by atoms with Crippen molar-refractivity contribution in [1.29, 1.82) is 0 Å². The van der Waals surface area contributed by atoms with Gasteiger partial charge in [0.1, 0.15) is 0 Å². The highest BCUT2D eigenvalue weighted by atomic mass is 16.3. The molecule has 0 heterocycles. The molecule has 0 saturated heterocycles. The average Bonchev–Trinajstić information content (AvgIpc) is 2.44. The maximum absolute atomic E-state index is 10.6. The Kier molecular flexibility index (Phi) is 3.11. The molecule has 1 nitrogen and oxygen atoms in total. The normalized spacial score (nSPS) is 32.3. The summed E-state index contributed by atoms with van der Waals surface area (Å²) in [5.41, 5.74) is 0.533. The van der Waals surface area contributed by atoms with Crippen molar-refractivity contribution >= 4 is 0 Å². The van der Waals surface area contributed by atoms with Gasteiger partial charge in [0.2, 0.25) is 0 Å². The Balaban J connectivity index is 2.19. The van der Waals surface area contributed by atoms with Crippen molar-refractivity contribution in [3.63, 3.8) is 0 Å². The molecule has 0 spiro atoms. The molecular weight excluding hydrogens is 184 g/mol. The summed E-state index contributed by atoms with van der Waals surface area (Å²) in [6.45, 7) is 2.29. The second-order valence-corrected chi connectivity index (χ2v) is 4.93. The monoisotopic (exact) mass is 204 g/mol. The molecule has 1 N–H and O–H groups in total. The lowest BCUT2D eigenvalue weighted by atomic mass is 9.86. The molecule has 0 bridgehead atoms. The van der Waals surface area contributed by atoms with Crippen LogP contribution in [-0.2, 0) is 5.60 Å². The number of hydrogen-bond acceptors (Lipinski definition) is 1. The Hall–Kier alpha value is -0.820. The van der Waals surface area contributed by atoms with Gasteiger partial charge in [0.05, 0.1) is 5.60 Å². The Morgan fingerprint density at radius 1 is 1.13 bits per heavy atom. The molecule has 1 aromatic carbocycles. The second-order valence-electron chi connectivity index (χ2n) is 4.93. The van der Waals surface area contributed by atoms with E-state index in [1.807, 2.05) is 18.2 Å². The molecule has 2 unspecified atom stereocenters. The van der Waals surface area contributed by atoms with Gasteiger partial charge in [0.15, 0.2) is 0 Å². The fraction of sp³-hybridized carbons (Fsp3) is 0.571. The molecule has 1 aromatic rings. The number of aliphatic hydroxyl groups is 1. The molecule has 82 valence electrons. The standard InChI is InChI=1S/C14H20O/c1-12-6-5-10-14(15,11-9-12)13-7-3-2-4-8-13/h2-4,7-8,12,15H,5-6,9-11H2,1H3. The molecule has 2 atom stereocenters. The van der Waals surface area contributed by atoms with Crippen LogP contribution >= 0.6 is 0 Å². The van der Waals surface area contributed by atoms with Crippen molar-refractivity contribution in [2.75, 3.05) is 0 Å². The molecule has 2 rings (SSSR count). The van der Waals surface area contributed by atoms with E-state index in [4.69, 9.17) is 0 Å². The molecule has 1 aliphatic rings. The average molecular weight is 204 g/mol. The minimum atomic E-state index is -0.563. The summed E-state index contributed by atoms with van der Waals surface area (Å²) in [4.78, 5) is 0. The smallest absolute Gasteiger partial charge is 0.0896 e. The zero-order valence-electron chi connectivity index (χ0n) is 9.45. The minimum Gasteiger partial charge on any atom is -0.385 e. The van der Waals surface area contributed by atoms with Crippen LogP contribution in [0.25, 0.3) is 0 Å². The molecule has 0 aliphatic heterocycles. The predicted octanol–water partition coefficient (Wildman–Crippen LogP) is 3.47. The van der Waals surface area contributed by atoms with Crippen molar-refractivity contribution in [2.45, 2.75) is 44.6 Å². The van der Waals surface area contributed by atoms with E-state index in [2.05, 4.69) is 19.1 Å². The Morgan fingerprint density at radius 2 is 1.87 bits per heavy atom. The number of hydrogen-bond donors (Lipinski definition) is 1. The number of rotatable bonds is 1. The molecule has 0 amide bonds. The quantitative estimate of drug-likeness (QED) is 0.694. The molecule has 0 aromatic heterocycles. The van der Waals surface area contributed by atoms with Crippen LogP contribution in [0.3, 0.4) is 0 Å². The largest absolute Gasteiger partial charge is 0.385 e. The van der Waals surface area contributed by atoms with E-state index < -0.39 is 5.60 Å². The van der Waals surface area contributed by atoms with Gasteiger partial charge >= 0.3 is 0 Å². The van der Waals surface area contributed by atoms with Crippen LogP contribution in [0.2, 0.25) is 0 Å². The van der Waals surface area contributed by atoms with Gasteiger partial charge in [-0.25, -0.2) is 0 Å². The van der Waals surface area contributed by atoms with Crippen LogP contribution in [0.15, 0.2) is 30.3 Å². The van der Waals surface area contributed by atoms with Gasteiger partial charge in [-0.3, -0.25) is 0 Å². The van der Waals surface area contributed by atoms with Gasteiger partial charge in [-0.15, -0.1) is 0 Å². The van der Waals surface area contributed by atoms with Gasteiger partial charge in [-0.1, -0.05) is 43.7 Å². The van der Waals surface area contributed by atoms with E-state index >= 15 is 0 Å². The Bertz CT molecular complexity index is 306. The summed E-state index contributed by atoms with van der Waals surface area (Å²) < 4.78 is 0. The summed E-state index contributed by atoms with van der Waals surface area (Å²) in [6, 6.07) is 10.1. The van der Waals surface area contributed by atoms with E-state index in [1.165, 1.54) is 6.42 Å². The van der Waals surface area contributed by atoms with Crippen molar-refractivity contribution in [3.8, 4) is 0 Å². The molecule has 0 radical (unpaired) electrons. The minimum absolute atomic E-state index is 0.563. The van der Waals surface area contributed by atoms with E-state index in [0.29, 0.717) is 0 Å². The predicted molar refractivity (Wildman–Crippen MR) is 62.6 cm³/mol. The lowest BCUT2D eigenvalue weighted by molar-refractivity contribution is 0.0198. The van der Waals surface area contributed by atoms with Crippen molar-refractivity contribution in [1.82, 2.24) is 0 Å². The summed E-state index contributed by atoms with van der Waals surface area (Å²) >= 11 is 0. The van der Waals surface area contributed by atoms with Crippen molar-refractivity contribution in [3.05, 3.63) is 35.9 Å². The lowest BCUT2D eigenvalue weighted by Crippen LogP contribution is -2.24. The van der Waals surface area contributed by atoms with Gasteiger partial charge < -0.3 is 5.11 Å². The zero-order valence-corrected chi connectivity index (χ0v) is 9.45. The van der Waals surface area contributed by atoms with Crippen LogP contribution < -0.4 is 0 Å². The lowest BCUT2D eigenvalue weighted by Gasteiger charge is -2.27. The first-order valence-corrected chi connectivity index (χ1v) is 5.99. The molecular formula is C14H20O. The van der Waals surface area contributed by atoms with Gasteiger partial charge in [-0.05, 0) is 37.2 Å². The van der Waals surface area contributed by atoms with E-state index in [-0.39, 0.29) is 0 Å². The Labute approximate surface area is 92.1 Å². The first-order chi connectivity index (χ1) is 7.21. The summed E-state index contributed by atoms with van der Waals surface area (Å²) in [7, 11) is 0. The van der Waals surface area contributed by atoms with Gasteiger partial charge in [0.25, 0.3) is 0 Å². The van der Waals surface area contributed by atoms with Crippen LogP contribution in [0.4, 0.5) is 0 Å². The van der Waals surface area contributed by atoms with Crippen LogP contribution in [-0.4, -0.2) is 5.11 Å². The highest BCUT2D eigenvalue weighted by Gasteiger charge is 2.31. The van der Waals surface area contributed by atoms with Crippen molar-refractivity contribution < 1.29 is 5.11 Å².